The zero-order chi connectivity index (χ0) is 12.5. The van der Waals surface area contributed by atoms with E-state index in [1.165, 1.54) is 0 Å². The Kier molecular flexibility index (Phi) is 2.99. The van der Waals surface area contributed by atoms with E-state index in [1.807, 2.05) is 6.07 Å². The molecule has 5 heteroatoms. The number of Topliss-reactive ketones (excluding diaryl/α,β-unsaturated/α-hetero) is 1. The summed E-state index contributed by atoms with van der Waals surface area (Å²) < 4.78 is 22.6. The van der Waals surface area contributed by atoms with E-state index in [1.54, 1.807) is 24.3 Å². The third-order valence-electron chi connectivity index (χ3n) is 2.92. The van der Waals surface area contributed by atoms with Gasteiger partial charge in [-0.2, -0.15) is 5.26 Å². The van der Waals surface area contributed by atoms with Crippen LogP contribution >= 0.6 is 0 Å². The van der Waals surface area contributed by atoms with E-state index in [0.717, 1.165) is 0 Å². The molecule has 1 fully saturated rings. The largest absolute Gasteiger partial charge is 0.294 e. The molecule has 1 aliphatic rings. The Balaban J connectivity index is 2.30. The molecule has 1 saturated heterocycles. The van der Waals surface area contributed by atoms with E-state index in [2.05, 4.69) is 0 Å². The van der Waals surface area contributed by atoms with Crippen molar-refractivity contribution in [3.05, 3.63) is 35.4 Å². The van der Waals surface area contributed by atoms with Crippen LogP contribution in [0.3, 0.4) is 0 Å². The highest BCUT2D eigenvalue weighted by atomic mass is 32.2. The number of hydrogen-bond donors (Lipinski definition) is 0. The average molecular weight is 249 g/mol. The smallest absolute Gasteiger partial charge is 0.168 e. The Morgan fingerprint density at radius 2 is 2.06 bits per heavy atom. The molecular weight excluding hydrogens is 238 g/mol. The maximum absolute atomic E-state index is 12.1. The number of hydrogen-bond acceptors (Lipinski definition) is 4. The molecule has 1 atom stereocenters. The summed E-state index contributed by atoms with van der Waals surface area (Å²) in [7, 11) is -3.07. The lowest BCUT2D eigenvalue weighted by Crippen LogP contribution is -2.17. The summed E-state index contributed by atoms with van der Waals surface area (Å²) in [6.45, 7) is 0. The lowest BCUT2D eigenvalue weighted by Gasteiger charge is -2.07. The van der Waals surface area contributed by atoms with Gasteiger partial charge in [-0.1, -0.05) is 18.2 Å². The monoisotopic (exact) mass is 249 g/mol. The molecule has 17 heavy (non-hydrogen) atoms. The first-order chi connectivity index (χ1) is 8.03. The fourth-order valence-electron chi connectivity index (χ4n) is 2.02. The molecule has 0 radical (unpaired) electrons. The van der Waals surface area contributed by atoms with Crippen molar-refractivity contribution in [3.8, 4) is 6.07 Å². The number of ketones is 1. The molecule has 1 aliphatic heterocycles. The van der Waals surface area contributed by atoms with Crippen LogP contribution in [-0.4, -0.2) is 25.7 Å². The third-order valence-corrected chi connectivity index (χ3v) is 4.68. The van der Waals surface area contributed by atoms with Gasteiger partial charge in [-0.3, -0.25) is 4.79 Å². The van der Waals surface area contributed by atoms with E-state index in [4.69, 9.17) is 5.26 Å². The zero-order valence-corrected chi connectivity index (χ0v) is 9.90. The van der Waals surface area contributed by atoms with Gasteiger partial charge in [0.15, 0.2) is 15.6 Å². The maximum atomic E-state index is 12.1. The molecule has 1 unspecified atom stereocenters. The SMILES string of the molecule is N#Cc1ccccc1C(=O)C1CCS(=O)(=O)C1. The maximum Gasteiger partial charge on any atom is 0.168 e. The first-order valence-corrected chi connectivity index (χ1v) is 7.09. The van der Waals surface area contributed by atoms with Crippen LogP contribution in [-0.2, 0) is 9.84 Å². The van der Waals surface area contributed by atoms with E-state index in [-0.39, 0.29) is 17.3 Å². The van der Waals surface area contributed by atoms with Crippen molar-refractivity contribution >= 4 is 15.6 Å². The van der Waals surface area contributed by atoms with Crippen LogP contribution in [0, 0.1) is 17.2 Å². The van der Waals surface area contributed by atoms with Gasteiger partial charge in [0.25, 0.3) is 0 Å². The van der Waals surface area contributed by atoms with E-state index in [9.17, 15) is 13.2 Å². The molecule has 88 valence electrons. The van der Waals surface area contributed by atoms with Crippen molar-refractivity contribution < 1.29 is 13.2 Å². The first kappa shape index (κ1) is 11.8. The Hall–Kier alpha value is -1.67. The second kappa shape index (κ2) is 4.30. The molecule has 0 saturated carbocycles. The first-order valence-electron chi connectivity index (χ1n) is 5.27. The van der Waals surface area contributed by atoms with Gasteiger partial charge >= 0.3 is 0 Å². The van der Waals surface area contributed by atoms with Gasteiger partial charge in [-0.25, -0.2) is 8.42 Å². The molecule has 0 N–H and O–H groups in total. The Bertz CT molecular complexity index is 598. The van der Waals surface area contributed by atoms with E-state index < -0.39 is 15.8 Å². The number of nitrogens with zero attached hydrogens (tertiary/aromatic N) is 1. The van der Waals surface area contributed by atoms with Crippen molar-refractivity contribution in [2.45, 2.75) is 6.42 Å². The quantitative estimate of drug-likeness (QED) is 0.737. The zero-order valence-electron chi connectivity index (χ0n) is 9.09. The number of carbonyl (C=O) groups is 1. The summed E-state index contributed by atoms with van der Waals surface area (Å²) in [5.74, 6) is -0.748. The second-order valence-corrected chi connectivity index (χ2v) is 6.35. The summed E-state index contributed by atoms with van der Waals surface area (Å²) in [4.78, 5) is 12.1. The Morgan fingerprint density at radius 1 is 1.35 bits per heavy atom. The molecule has 1 aromatic carbocycles. The highest BCUT2D eigenvalue weighted by Gasteiger charge is 2.34. The van der Waals surface area contributed by atoms with Crippen LogP contribution in [0.15, 0.2) is 24.3 Å². The molecule has 4 nitrogen and oxygen atoms in total. The van der Waals surface area contributed by atoms with Crippen molar-refractivity contribution in [2.24, 2.45) is 5.92 Å². The van der Waals surface area contributed by atoms with Crippen LogP contribution in [0.1, 0.15) is 22.3 Å². The second-order valence-electron chi connectivity index (χ2n) is 4.12. The number of carbonyl (C=O) groups excluding carboxylic acids is 1. The average Bonchev–Trinajstić information content (AvgIpc) is 2.68. The van der Waals surface area contributed by atoms with Crippen molar-refractivity contribution in [3.63, 3.8) is 0 Å². The molecule has 1 aromatic rings. The summed E-state index contributed by atoms with van der Waals surface area (Å²) in [6.07, 6.45) is 0.362. The van der Waals surface area contributed by atoms with Gasteiger partial charge in [0.2, 0.25) is 0 Å². The number of sulfone groups is 1. The fraction of sp³-hybridized carbons (Fsp3) is 0.333. The summed E-state index contributed by atoms with van der Waals surface area (Å²) in [5, 5.41) is 8.89. The minimum Gasteiger partial charge on any atom is -0.294 e. The summed E-state index contributed by atoms with van der Waals surface area (Å²) in [5.41, 5.74) is 0.638. The van der Waals surface area contributed by atoms with Crippen LogP contribution in [0.25, 0.3) is 0 Å². The Labute approximate surface area is 99.8 Å². The molecule has 0 amide bonds. The van der Waals surface area contributed by atoms with Gasteiger partial charge in [0.05, 0.1) is 23.1 Å². The van der Waals surface area contributed by atoms with E-state index >= 15 is 0 Å². The molecule has 0 aliphatic carbocycles. The van der Waals surface area contributed by atoms with Gasteiger partial charge in [0, 0.05) is 11.5 Å². The van der Waals surface area contributed by atoms with Gasteiger partial charge in [-0.05, 0) is 12.5 Å². The van der Waals surface area contributed by atoms with Gasteiger partial charge in [0.1, 0.15) is 0 Å². The fourth-order valence-corrected chi connectivity index (χ4v) is 3.76. The normalized spacial score (nSPS) is 21.9. The standard InChI is InChI=1S/C12H11NO3S/c13-7-9-3-1-2-4-11(9)12(14)10-5-6-17(15,16)8-10/h1-4,10H,5-6,8H2. The third kappa shape index (κ3) is 2.37. The predicted octanol–water partition coefficient (Wildman–Crippen LogP) is 1.18. The van der Waals surface area contributed by atoms with Crippen LogP contribution in [0.4, 0.5) is 0 Å². The van der Waals surface area contributed by atoms with Gasteiger partial charge < -0.3 is 0 Å². The van der Waals surface area contributed by atoms with Crippen LogP contribution in [0.5, 0.6) is 0 Å². The van der Waals surface area contributed by atoms with Crippen molar-refractivity contribution in [1.82, 2.24) is 0 Å². The van der Waals surface area contributed by atoms with Gasteiger partial charge in [-0.15, -0.1) is 0 Å². The van der Waals surface area contributed by atoms with E-state index in [0.29, 0.717) is 17.5 Å². The highest BCUT2D eigenvalue weighted by molar-refractivity contribution is 7.91. The van der Waals surface area contributed by atoms with Crippen LogP contribution in [0.2, 0.25) is 0 Å². The molecule has 1 heterocycles. The van der Waals surface area contributed by atoms with Crippen LogP contribution < -0.4 is 0 Å². The highest BCUT2D eigenvalue weighted by Crippen LogP contribution is 2.23. The summed E-state index contributed by atoms with van der Waals surface area (Å²) in [6, 6.07) is 8.45. The lowest BCUT2D eigenvalue weighted by molar-refractivity contribution is 0.0933. The predicted molar refractivity (Wildman–Crippen MR) is 62.2 cm³/mol. The molecule has 0 spiro atoms. The molecule has 0 bridgehead atoms. The Morgan fingerprint density at radius 3 is 2.65 bits per heavy atom. The number of benzene rings is 1. The topological polar surface area (TPSA) is 75.0 Å². The minimum atomic E-state index is -3.07. The number of rotatable bonds is 2. The van der Waals surface area contributed by atoms with Crippen molar-refractivity contribution in [1.29, 1.82) is 5.26 Å². The summed E-state index contributed by atoms with van der Waals surface area (Å²) >= 11 is 0. The number of nitriles is 1. The molecule has 0 aromatic heterocycles. The lowest BCUT2D eigenvalue weighted by atomic mass is 9.94. The molecular formula is C12H11NO3S. The molecule has 2 rings (SSSR count). The minimum absolute atomic E-state index is 0.0676. The van der Waals surface area contributed by atoms with Crippen molar-refractivity contribution in [2.75, 3.05) is 11.5 Å².